The summed E-state index contributed by atoms with van der Waals surface area (Å²) in [6.07, 6.45) is 1.57. The van der Waals surface area contributed by atoms with Gasteiger partial charge in [0.1, 0.15) is 13.2 Å². The van der Waals surface area contributed by atoms with Crippen LogP contribution in [0.2, 0.25) is 0 Å². The molecule has 0 unspecified atom stereocenters. The van der Waals surface area contributed by atoms with Gasteiger partial charge in [-0.25, -0.2) is 5.43 Å². The van der Waals surface area contributed by atoms with Crippen LogP contribution in [0.1, 0.15) is 5.56 Å². The first-order valence-corrected chi connectivity index (χ1v) is 8.20. The van der Waals surface area contributed by atoms with Crippen molar-refractivity contribution in [2.45, 2.75) is 4.90 Å². The van der Waals surface area contributed by atoms with Crippen LogP contribution in [0.3, 0.4) is 0 Å². The number of para-hydroxylation sites is 1. The van der Waals surface area contributed by atoms with Crippen LogP contribution in [0.25, 0.3) is 0 Å². The third kappa shape index (κ3) is 4.26. The number of nitrogens with one attached hydrogen (secondary N) is 1. The zero-order chi connectivity index (χ0) is 15.9. The van der Waals surface area contributed by atoms with Crippen molar-refractivity contribution in [2.24, 2.45) is 5.10 Å². The summed E-state index contributed by atoms with van der Waals surface area (Å²) in [5, 5.41) is 3.99. The van der Waals surface area contributed by atoms with Crippen molar-refractivity contribution in [2.75, 3.05) is 19.0 Å². The lowest BCUT2D eigenvalue weighted by atomic mass is 10.2. The summed E-state index contributed by atoms with van der Waals surface area (Å²) in [5.41, 5.74) is 3.30. The molecule has 1 N–H and O–H groups in total. The van der Waals surface area contributed by atoms with Gasteiger partial charge in [-0.2, -0.15) is 5.10 Å². The Morgan fingerprint density at radius 1 is 1.13 bits per heavy atom. The maximum atomic E-state index is 11.8. The highest BCUT2D eigenvalue weighted by molar-refractivity contribution is 8.00. The number of nitrogens with zero attached hydrogens (tertiary/aromatic N) is 1. The second-order valence-corrected chi connectivity index (χ2v) is 5.82. The number of carbonyl (C=O) groups excluding carboxylic acids is 1. The molecular formula is C17H16N2O3S. The van der Waals surface area contributed by atoms with E-state index in [1.54, 1.807) is 6.21 Å². The number of hydrogen-bond donors (Lipinski definition) is 1. The van der Waals surface area contributed by atoms with E-state index in [-0.39, 0.29) is 5.91 Å². The van der Waals surface area contributed by atoms with Crippen molar-refractivity contribution < 1.29 is 14.3 Å². The number of rotatable bonds is 5. The van der Waals surface area contributed by atoms with Crippen molar-refractivity contribution >= 4 is 23.9 Å². The van der Waals surface area contributed by atoms with Crippen LogP contribution < -0.4 is 14.9 Å². The topological polar surface area (TPSA) is 59.9 Å². The van der Waals surface area contributed by atoms with Crippen LogP contribution in [-0.4, -0.2) is 31.1 Å². The zero-order valence-electron chi connectivity index (χ0n) is 12.4. The monoisotopic (exact) mass is 328 g/mol. The highest BCUT2D eigenvalue weighted by Crippen LogP contribution is 2.32. The van der Waals surface area contributed by atoms with Crippen LogP contribution in [0.5, 0.6) is 11.5 Å². The molecule has 0 fully saturated rings. The van der Waals surface area contributed by atoms with Crippen LogP contribution in [0, 0.1) is 0 Å². The Labute approximate surface area is 138 Å². The molecule has 0 atom stereocenters. The van der Waals surface area contributed by atoms with E-state index in [4.69, 9.17) is 9.47 Å². The van der Waals surface area contributed by atoms with E-state index in [9.17, 15) is 4.79 Å². The molecule has 3 rings (SSSR count). The summed E-state index contributed by atoms with van der Waals surface area (Å²) in [4.78, 5) is 12.8. The molecule has 2 aromatic rings. The van der Waals surface area contributed by atoms with Crippen LogP contribution in [-0.2, 0) is 4.79 Å². The van der Waals surface area contributed by atoms with Gasteiger partial charge in [0.05, 0.1) is 12.0 Å². The van der Waals surface area contributed by atoms with E-state index in [0.29, 0.717) is 30.5 Å². The SMILES string of the molecule is O=C(CSc1ccccc1)N/N=C\c1cccc2c1OCCO2. The van der Waals surface area contributed by atoms with Gasteiger partial charge in [-0.15, -0.1) is 11.8 Å². The lowest BCUT2D eigenvalue weighted by Crippen LogP contribution is -2.20. The first-order chi connectivity index (χ1) is 11.3. The molecule has 1 aliphatic heterocycles. The summed E-state index contributed by atoms with van der Waals surface area (Å²) in [5.74, 6) is 1.52. The van der Waals surface area contributed by atoms with Crippen LogP contribution in [0.4, 0.5) is 0 Å². The van der Waals surface area contributed by atoms with Crippen molar-refractivity contribution in [1.29, 1.82) is 0 Å². The Morgan fingerprint density at radius 2 is 1.96 bits per heavy atom. The Bertz CT molecular complexity index is 704. The molecule has 0 saturated heterocycles. The molecule has 0 bridgehead atoms. The van der Waals surface area contributed by atoms with Gasteiger partial charge in [0.2, 0.25) is 5.91 Å². The molecule has 1 heterocycles. The number of amides is 1. The van der Waals surface area contributed by atoms with Crippen molar-refractivity contribution in [3.05, 3.63) is 54.1 Å². The minimum Gasteiger partial charge on any atom is -0.486 e. The summed E-state index contributed by atoms with van der Waals surface area (Å²) in [6.45, 7) is 1.05. The number of fused-ring (bicyclic) bond motifs is 1. The number of carbonyl (C=O) groups is 1. The summed E-state index contributed by atoms with van der Waals surface area (Å²) >= 11 is 1.47. The number of benzene rings is 2. The first-order valence-electron chi connectivity index (χ1n) is 7.21. The van der Waals surface area contributed by atoms with Crippen LogP contribution in [0.15, 0.2) is 58.5 Å². The largest absolute Gasteiger partial charge is 0.486 e. The minimum atomic E-state index is -0.155. The van der Waals surface area contributed by atoms with Crippen molar-refractivity contribution in [3.63, 3.8) is 0 Å². The van der Waals surface area contributed by atoms with E-state index in [2.05, 4.69) is 10.5 Å². The van der Waals surface area contributed by atoms with Gasteiger partial charge < -0.3 is 9.47 Å². The van der Waals surface area contributed by atoms with Crippen molar-refractivity contribution in [1.82, 2.24) is 5.43 Å². The average Bonchev–Trinajstić information content (AvgIpc) is 2.61. The Balaban J connectivity index is 1.54. The van der Waals surface area contributed by atoms with Crippen LogP contribution >= 0.6 is 11.8 Å². The van der Waals surface area contributed by atoms with E-state index < -0.39 is 0 Å². The molecule has 118 valence electrons. The molecule has 0 spiro atoms. The standard InChI is InChI=1S/C17H16N2O3S/c20-16(12-23-14-6-2-1-3-7-14)19-18-11-13-5-4-8-15-17(13)22-10-9-21-15/h1-8,11H,9-10,12H2,(H,19,20)/b18-11-. The lowest BCUT2D eigenvalue weighted by molar-refractivity contribution is -0.118. The number of ether oxygens (including phenoxy) is 2. The molecule has 0 aromatic heterocycles. The fourth-order valence-electron chi connectivity index (χ4n) is 2.07. The van der Waals surface area contributed by atoms with E-state index >= 15 is 0 Å². The predicted octanol–water partition coefficient (Wildman–Crippen LogP) is 2.70. The fourth-order valence-corrected chi connectivity index (χ4v) is 2.78. The van der Waals surface area contributed by atoms with E-state index in [0.717, 1.165) is 10.5 Å². The highest BCUT2D eigenvalue weighted by Gasteiger charge is 2.14. The second-order valence-electron chi connectivity index (χ2n) is 4.77. The maximum absolute atomic E-state index is 11.8. The molecule has 1 amide bonds. The molecule has 0 radical (unpaired) electrons. The third-order valence-electron chi connectivity index (χ3n) is 3.10. The lowest BCUT2D eigenvalue weighted by Gasteiger charge is -2.19. The molecular weight excluding hydrogens is 312 g/mol. The molecule has 23 heavy (non-hydrogen) atoms. The normalized spacial score (nSPS) is 13.0. The number of hydrogen-bond acceptors (Lipinski definition) is 5. The van der Waals surface area contributed by atoms with Gasteiger partial charge in [0, 0.05) is 10.5 Å². The third-order valence-corrected chi connectivity index (χ3v) is 4.11. The number of thioether (sulfide) groups is 1. The zero-order valence-corrected chi connectivity index (χ0v) is 13.2. The molecule has 1 aliphatic rings. The first kappa shape index (κ1) is 15.4. The molecule has 0 aliphatic carbocycles. The summed E-state index contributed by atoms with van der Waals surface area (Å²) in [6, 6.07) is 15.3. The maximum Gasteiger partial charge on any atom is 0.250 e. The summed E-state index contributed by atoms with van der Waals surface area (Å²) in [7, 11) is 0. The fraction of sp³-hybridized carbons (Fsp3) is 0.176. The predicted molar refractivity (Wildman–Crippen MR) is 90.3 cm³/mol. The van der Waals surface area contributed by atoms with Gasteiger partial charge in [-0.3, -0.25) is 4.79 Å². The molecule has 0 saturated carbocycles. The summed E-state index contributed by atoms with van der Waals surface area (Å²) < 4.78 is 11.1. The molecule has 2 aromatic carbocycles. The quantitative estimate of drug-likeness (QED) is 0.521. The minimum absolute atomic E-state index is 0.155. The Morgan fingerprint density at radius 3 is 2.83 bits per heavy atom. The molecule has 6 heteroatoms. The smallest absolute Gasteiger partial charge is 0.250 e. The second kappa shape index (κ2) is 7.69. The van der Waals surface area contributed by atoms with Gasteiger partial charge in [-0.1, -0.05) is 24.3 Å². The highest BCUT2D eigenvalue weighted by atomic mass is 32.2. The Kier molecular flexibility index (Phi) is 5.16. The van der Waals surface area contributed by atoms with E-state index in [1.165, 1.54) is 11.8 Å². The van der Waals surface area contributed by atoms with Crippen molar-refractivity contribution in [3.8, 4) is 11.5 Å². The van der Waals surface area contributed by atoms with Gasteiger partial charge in [0.25, 0.3) is 0 Å². The molecule has 5 nitrogen and oxygen atoms in total. The van der Waals surface area contributed by atoms with Gasteiger partial charge in [-0.05, 0) is 24.3 Å². The Hall–Kier alpha value is -2.47. The number of hydrazone groups is 1. The average molecular weight is 328 g/mol. The van der Waals surface area contributed by atoms with Gasteiger partial charge in [0.15, 0.2) is 11.5 Å². The van der Waals surface area contributed by atoms with E-state index in [1.807, 2.05) is 48.5 Å². The van der Waals surface area contributed by atoms with Gasteiger partial charge >= 0.3 is 0 Å².